The van der Waals surface area contributed by atoms with Gasteiger partial charge in [0.2, 0.25) is 5.91 Å². The molecular formula is C14H23N3O2. The molecule has 5 nitrogen and oxygen atoms in total. The van der Waals surface area contributed by atoms with Gasteiger partial charge >= 0.3 is 0 Å². The van der Waals surface area contributed by atoms with E-state index in [1.54, 1.807) is 7.11 Å². The number of rotatable bonds is 8. The fourth-order valence-electron chi connectivity index (χ4n) is 1.67. The van der Waals surface area contributed by atoms with E-state index in [9.17, 15) is 4.79 Å². The van der Waals surface area contributed by atoms with Crippen molar-refractivity contribution in [2.45, 2.75) is 12.5 Å². The van der Waals surface area contributed by atoms with Crippen LogP contribution in [0.1, 0.15) is 6.42 Å². The van der Waals surface area contributed by atoms with E-state index in [1.807, 2.05) is 37.4 Å². The van der Waals surface area contributed by atoms with Gasteiger partial charge in [-0.1, -0.05) is 18.2 Å². The van der Waals surface area contributed by atoms with Crippen LogP contribution in [0.5, 0.6) is 0 Å². The molecule has 0 fully saturated rings. The Hall–Kier alpha value is -1.59. The van der Waals surface area contributed by atoms with E-state index in [0.717, 1.165) is 12.2 Å². The summed E-state index contributed by atoms with van der Waals surface area (Å²) in [5, 5.41) is 2.83. The van der Waals surface area contributed by atoms with Crippen molar-refractivity contribution in [3.05, 3.63) is 30.3 Å². The molecule has 0 spiro atoms. The number of nitrogens with zero attached hydrogens (tertiary/aromatic N) is 1. The summed E-state index contributed by atoms with van der Waals surface area (Å²) in [5.74, 6) is -0.126. The van der Waals surface area contributed by atoms with Gasteiger partial charge in [0.15, 0.2) is 0 Å². The Morgan fingerprint density at radius 3 is 2.74 bits per heavy atom. The van der Waals surface area contributed by atoms with Crippen molar-refractivity contribution in [3.63, 3.8) is 0 Å². The molecule has 1 aromatic carbocycles. The predicted octanol–water partition coefficient (Wildman–Crippen LogP) is 0.603. The lowest BCUT2D eigenvalue weighted by Crippen LogP contribution is -2.43. The van der Waals surface area contributed by atoms with Crippen LogP contribution in [0.25, 0.3) is 0 Å². The molecule has 0 bridgehead atoms. The first-order valence-electron chi connectivity index (χ1n) is 6.43. The van der Waals surface area contributed by atoms with Crippen molar-refractivity contribution in [2.75, 3.05) is 38.8 Å². The van der Waals surface area contributed by atoms with Crippen LogP contribution in [0.15, 0.2) is 30.3 Å². The smallest absolute Gasteiger partial charge is 0.237 e. The molecule has 0 radical (unpaired) electrons. The predicted molar refractivity (Wildman–Crippen MR) is 77.2 cm³/mol. The summed E-state index contributed by atoms with van der Waals surface area (Å²) in [6, 6.07) is 9.53. The molecule has 1 aromatic rings. The highest BCUT2D eigenvalue weighted by molar-refractivity contribution is 5.81. The zero-order valence-corrected chi connectivity index (χ0v) is 11.6. The number of carbonyl (C=O) groups excluding carboxylic acids is 1. The van der Waals surface area contributed by atoms with Crippen molar-refractivity contribution >= 4 is 11.6 Å². The van der Waals surface area contributed by atoms with Crippen LogP contribution < -0.4 is 16.0 Å². The topological polar surface area (TPSA) is 67.6 Å². The number of hydrogen-bond donors (Lipinski definition) is 2. The van der Waals surface area contributed by atoms with Crippen LogP contribution in [0.3, 0.4) is 0 Å². The average Bonchev–Trinajstić information content (AvgIpc) is 2.45. The number of methoxy groups -OCH3 is 1. The van der Waals surface area contributed by atoms with E-state index >= 15 is 0 Å². The van der Waals surface area contributed by atoms with Crippen molar-refractivity contribution in [2.24, 2.45) is 5.73 Å². The third-order valence-electron chi connectivity index (χ3n) is 2.91. The summed E-state index contributed by atoms with van der Waals surface area (Å²) >= 11 is 0. The summed E-state index contributed by atoms with van der Waals surface area (Å²) in [6.45, 7) is 1.82. The van der Waals surface area contributed by atoms with Crippen LogP contribution in [0, 0.1) is 0 Å². The minimum atomic E-state index is -0.498. The Morgan fingerprint density at radius 1 is 1.42 bits per heavy atom. The molecule has 1 rings (SSSR count). The third kappa shape index (κ3) is 5.72. The van der Waals surface area contributed by atoms with Gasteiger partial charge in [0.05, 0.1) is 6.04 Å². The zero-order valence-electron chi connectivity index (χ0n) is 11.6. The van der Waals surface area contributed by atoms with Crippen molar-refractivity contribution in [3.8, 4) is 0 Å². The number of carbonyl (C=O) groups is 1. The quantitative estimate of drug-likeness (QED) is 0.722. The van der Waals surface area contributed by atoms with Gasteiger partial charge in [-0.3, -0.25) is 4.79 Å². The van der Waals surface area contributed by atoms with E-state index in [2.05, 4.69) is 10.2 Å². The lowest BCUT2D eigenvalue weighted by atomic mass is 10.2. The summed E-state index contributed by atoms with van der Waals surface area (Å²) < 4.78 is 4.89. The number of anilines is 1. The van der Waals surface area contributed by atoms with E-state index in [1.165, 1.54) is 0 Å². The Labute approximate surface area is 114 Å². The van der Waals surface area contributed by atoms with Gasteiger partial charge in [-0.2, -0.15) is 0 Å². The monoisotopic (exact) mass is 265 g/mol. The van der Waals surface area contributed by atoms with E-state index in [-0.39, 0.29) is 5.91 Å². The fourth-order valence-corrected chi connectivity index (χ4v) is 1.67. The van der Waals surface area contributed by atoms with Crippen molar-refractivity contribution in [1.29, 1.82) is 0 Å². The van der Waals surface area contributed by atoms with E-state index in [4.69, 9.17) is 10.5 Å². The maximum absolute atomic E-state index is 11.7. The molecule has 3 N–H and O–H groups in total. The average molecular weight is 265 g/mol. The maximum Gasteiger partial charge on any atom is 0.237 e. The van der Waals surface area contributed by atoms with E-state index in [0.29, 0.717) is 19.6 Å². The molecule has 1 atom stereocenters. The minimum Gasteiger partial charge on any atom is -0.385 e. The Bertz CT molecular complexity index is 370. The molecule has 0 aromatic heterocycles. The number of nitrogens with two attached hydrogens (primary N) is 1. The van der Waals surface area contributed by atoms with E-state index < -0.39 is 6.04 Å². The highest BCUT2D eigenvalue weighted by atomic mass is 16.5. The third-order valence-corrected chi connectivity index (χ3v) is 2.91. The molecule has 0 aliphatic carbocycles. The second-order valence-electron chi connectivity index (χ2n) is 4.44. The van der Waals surface area contributed by atoms with Crippen LogP contribution in [-0.4, -0.2) is 45.8 Å². The molecule has 106 valence electrons. The molecule has 0 heterocycles. The summed E-state index contributed by atoms with van der Waals surface area (Å²) in [6.07, 6.45) is 0.539. The van der Waals surface area contributed by atoms with Gasteiger partial charge in [-0.25, -0.2) is 0 Å². The first kappa shape index (κ1) is 15.5. The summed E-state index contributed by atoms with van der Waals surface area (Å²) in [7, 11) is 3.59. The normalized spacial score (nSPS) is 11.9. The van der Waals surface area contributed by atoms with Crippen LogP contribution >= 0.6 is 0 Å². The molecule has 0 aliphatic heterocycles. The number of amides is 1. The minimum absolute atomic E-state index is 0.126. The van der Waals surface area contributed by atoms with Crippen molar-refractivity contribution in [1.82, 2.24) is 5.32 Å². The standard InChI is InChI=1S/C14H23N3O2/c1-17(12-6-4-3-5-7-12)10-9-16-14(18)13(15)8-11-19-2/h3-7,13H,8-11,15H2,1-2H3,(H,16,18). The first-order chi connectivity index (χ1) is 9.15. The largest absolute Gasteiger partial charge is 0.385 e. The highest BCUT2D eigenvalue weighted by Crippen LogP contribution is 2.09. The molecule has 0 saturated carbocycles. The van der Waals surface area contributed by atoms with Gasteiger partial charge in [-0.15, -0.1) is 0 Å². The Morgan fingerprint density at radius 2 is 2.11 bits per heavy atom. The van der Waals surface area contributed by atoms with Crippen LogP contribution in [0.4, 0.5) is 5.69 Å². The van der Waals surface area contributed by atoms with Crippen molar-refractivity contribution < 1.29 is 9.53 Å². The summed E-state index contributed by atoms with van der Waals surface area (Å²) in [4.78, 5) is 13.7. The number of nitrogens with one attached hydrogen (secondary N) is 1. The zero-order chi connectivity index (χ0) is 14.1. The second-order valence-corrected chi connectivity index (χ2v) is 4.44. The molecule has 0 aliphatic rings. The highest BCUT2D eigenvalue weighted by Gasteiger charge is 2.12. The van der Waals surface area contributed by atoms with Crippen LogP contribution in [-0.2, 0) is 9.53 Å². The van der Waals surface area contributed by atoms with Crippen LogP contribution in [0.2, 0.25) is 0 Å². The second kappa shape index (κ2) is 8.50. The molecule has 19 heavy (non-hydrogen) atoms. The number of benzene rings is 1. The maximum atomic E-state index is 11.7. The fraction of sp³-hybridized carbons (Fsp3) is 0.500. The van der Waals surface area contributed by atoms with Gasteiger partial charge < -0.3 is 20.7 Å². The molecule has 1 amide bonds. The Balaban J connectivity index is 2.24. The van der Waals surface area contributed by atoms with Gasteiger partial charge in [0.1, 0.15) is 0 Å². The van der Waals surface area contributed by atoms with Gasteiger partial charge in [0, 0.05) is 39.5 Å². The number of ether oxygens (including phenoxy) is 1. The SMILES string of the molecule is COCCC(N)C(=O)NCCN(C)c1ccccc1. The number of likely N-dealkylation sites (N-methyl/N-ethyl adjacent to an activating group) is 1. The number of hydrogen-bond acceptors (Lipinski definition) is 4. The first-order valence-corrected chi connectivity index (χ1v) is 6.43. The Kier molecular flexibility index (Phi) is 6.92. The summed E-state index contributed by atoms with van der Waals surface area (Å²) in [5.41, 5.74) is 6.85. The van der Waals surface area contributed by atoms with Gasteiger partial charge in [-0.05, 0) is 18.6 Å². The lowest BCUT2D eigenvalue weighted by molar-refractivity contribution is -0.122. The molecule has 0 saturated heterocycles. The molecule has 5 heteroatoms. The molecular weight excluding hydrogens is 242 g/mol. The van der Waals surface area contributed by atoms with Gasteiger partial charge in [0.25, 0.3) is 0 Å². The lowest BCUT2D eigenvalue weighted by Gasteiger charge is -2.20. The molecule has 1 unspecified atom stereocenters. The number of para-hydroxylation sites is 1.